The molecule has 1 aliphatic rings. The van der Waals surface area contributed by atoms with Gasteiger partial charge >= 0.3 is 30.0 Å². The Morgan fingerprint density at radius 1 is 0.957 bits per heavy atom. The number of aromatic nitrogens is 4. The molecule has 1 fully saturated rings. The number of aliphatic carboxylic acids is 2. The van der Waals surface area contributed by atoms with E-state index in [0.717, 1.165) is 42.9 Å². The fraction of sp³-hybridized carbons (Fsp3) is 0.346. The molecule has 0 spiro atoms. The second kappa shape index (κ2) is 15.9. The topological polar surface area (TPSA) is 179 Å². The Labute approximate surface area is 254 Å². The summed E-state index contributed by atoms with van der Waals surface area (Å²) in [7, 11) is 0. The highest BCUT2D eigenvalue weighted by atomic mass is 19.4. The minimum Gasteiger partial charge on any atom is -0.475 e. The Balaban J connectivity index is 0.000000440. The number of carboxylic acid groups (broad SMARTS) is 2. The van der Waals surface area contributed by atoms with Gasteiger partial charge in [-0.25, -0.2) is 29.0 Å². The van der Waals surface area contributed by atoms with Gasteiger partial charge in [-0.3, -0.25) is 0 Å². The van der Waals surface area contributed by atoms with Crippen LogP contribution in [0.2, 0.25) is 0 Å². The Morgan fingerprint density at radius 2 is 1.48 bits per heavy atom. The lowest BCUT2D eigenvalue weighted by Gasteiger charge is -2.29. The van der Waals surface area contributed by atoms with Crippen LogP contribution >= 0.6 is 0 Å². The Morgan fingerprint density at radius 3 is 1.91 bits per heavy atom. The number of carboxylic acids is 2. The maximum atomic E-state index is 13.0. The molecule has 3 heterocycles. The minimum absolute atomic E-state index is 0.131. The highest BCUT2D eigenvalue weighted by Gasteiger charge is 2.38. The average molecular weight is 670 g/mol. The number of aryl methyl sites for hydroxylation is 1. The highest BCUT2D eigenvalue weighted by Crippen LogP contribution is 2.26. The summed E-state index contributed by atoms with van der Waals surface area (Å²) in [5, 5.41) is 23.8. The molecule has 2 aromatic heterocycles. The number of piperazine rings is 1. The number of hydrogen-bond donors (Lipinski definition) is 5. The van der Waals surface area contributed by atoms with Crippen molar-refractivity contribution in [2.45, 2.75) is 25.7 Å². The standard InChI is InChI=1S/C22H25F2N7O.2C2HF3O2/c1-14-10-17(15-2-4-18(5-3-15)30-8-6-26-7-9-30)13-27-21(14)31-19(28-29-22(31)32)11-16(12-25)20(23)24;2*3-2(4,5)1(6)7/h2-5,10,13,26H,6-9,11-12,25H2,1H3,(H,29,32);2*(H,6,7). The maximum Gasteiger partial charge on any atom is 0.490 e. The fourth-order valence-electron chi connectivity index (χ4n) is 3.82. The molecule has 252 valence electrons. The van der Waals surface area contributed by atoms with E-state index in [1.54, 1.807) is 6.20 Å². The van der Waals surface area contributed by atoms with E-state index in [-0.39, 0.29) is 24.4 Å². The summed E-state index contributed by atoms with van der Waals surface area (Å²) >= 11 is 0. The lowest BCUT2D eigenvalue weighted by molar-refractivity contribution is -0.193. The molecule has 0 aliphatic carbocycles. The largest absolute Gasteiger partial charge is 0.490 e. The van der Waals surface area contributed by atoms with Gasteiger partial charge < -0.3 is 26.2 Å². The zero-order valence-corrected chi connectivity index (χ0v) is 23.7. The second-order valence-corrected chi connectivity index (χ2v) is 9.28. The van der Waals surface area contributed by atoms with Crippen molar-refractivity contribution in [1.29, 1.82) is 0 Å². The summed E-state index contributed by atoms with van der Waals surface area (Å²) in [6.45, 7) is 5.40. The Bertz CT molecular complexity index is 1550. The Kier molecular flexibility index (Phi) is 12.9. The third-order valence-corrected chi connectivity index (χ3v) is 6.06. The van der Waals surface area contributed by atoms with E-state index in [9.17, 15) is 39.9 Å². The molecule has 0 bridgehead atoms. The molecule has 20 heteroatoms. The van der Waals surface area contributed by atoms with Crippen LogP contribution in [-0.2, 0) is 16.0 Å². The van der Waals surface area contributed by atoms with Crippen LogP contribution in [0.1, 0.15) is 11.4 Å². The van der Waals surface area contributed by atoms with E-state index in [0.29, 0.717) is 5.82 Å². The molecule has 0 saturated carbocycles. The molecule has 46 heavy (non-hydrogen) atoms. The first-order valence-electron chi connectivity index (χ1n) is 12.9. The average Bonchev–Trinajstić information content (AvgIpc) is 3.35. The van der Waals surface area contributed by atoms with Gasteiger partial charge in [0.05, 0.1) is 0 Å². The van der Waals surface area contributed by atoms with Crippen LogP contribution in [0.4, 0.5) is 40.8 Å². The first-order valence-corrected chi connectivity index (χ1v) is 12.9. The van der Waals surface area contributed by atoms with Crippen LogP contribution in [0.25, 0.3) is 16.9 Å². The van der Waals surface area contributed by atoms with Crippen molar-refractivity contribution in [3.63, 3.8) is 0 Å². The summed E-state index contributed by atoms with van der Waals surface area (Å²) < 4.78 is 90.8. The van der Waals surface area contributed by atoms with Gasteiger partial charge in [0, 0.05) is 62.2 Å². The number of nitrogens with one attached hydrogen (secondary N) is 2. The molecule has 3 aromatic rings. The lowest BCUT2D eigenvalue weighted by Crippen LogP contribution is -2.43. The fourth-order valence-corrected chi connectivity index (χ4v) is 3.82. The highest BCUT2D eigenvalue weighted by molar-refractivity contribution is 5.73. The van der Waals surface area contributed by atoms with Gasteiger partial charge in [0.2, 0.25) is 0 Å². The van der Waals surface area contributed by atoms with Crippen molar-refractivity contribution >= 4 is 17.6 Å². The van der Waals surface area contributed by atoms with Gasteiger partial charge in [0.15, 0.2) is 0 Å². The number of halogens is 8. The van der Waals surface area contributed by atoms with E-state index in [1.165, 1.54) is 10.3 Å². The van der Waals surface area contributed by atoms with Crippen molar-refractivity contribution < 1.29 is 54.9 Å². The molecular weight excluding hydrogens is 642 g/mol. The molecule has 1 saturated heterocycles. The number of pyridine rings is 1. The third-order valence-electron chi connectivity index (χ3n) is 6.06. The van der Waals surface area contributed by atoms with Gasteiger partial charge in [-0.1, -0.05) is 12.1 Å². The van der Waals surface area contributed by atoms with E-state index < -0.39 is 36.1 Å². The molecule has 0 amide bonds. The van der Waals surface area contributed by atoms with Gasteiger partial charge in [0.1, 0.15) is 11.6 Å². The number of hydrogen-bond acceptors (Lipinski definition) is 8. The summed E-state index contributed by atoms with van der Waals surface area (Å²) in [6, 6.07) is 10.2. The molecule has 0 radical (unpaired) electrons. The number of nitrogens with two attached hydrogens (primary N) is 1. The first kappa shape index (κ1) is 37.3. The summed E-state index contributed by atoms with van der Waals surface area (Å²) in [6.07, 6.45) is -10.6. The number of H-pyrrole nitrogens is 1. The molecule has 6 N–H and O–H groups in total. The smallest absolute Gasteiger partial charge is 0.475 e. The SMILES string of the molecule is Cc1cc(-c2ccc(N3CCNCC3)cc2)cnc1-n1c(CC(CN)=C(F)F)n[nH]c1=O.O=C(O)C(F)(F)F.O=C(O)C(F)(F)F. The number of anilines is 1. The van der Waals surface area contributed by atoms with Gasteiger partial charge in [-0.05, 0) is 36.2 Å². The Hall–Kier alpha value is -4.85. The number of alkyl halides is 6. The van der Waals surface area contributed by atoms with Crippen LogP contribution in [0.5, 0.6) is 0 Å². The number of aromatic amines is 1. The first-order chi connectivity index (χ1) is 21.4. The van der Waals surface area contributed by atoms with Crippen molar-refractivity contribution in [3.8, 4) is 16.9 Å². The normalized spacial score (nSPS) is 13.1. The van der Waals surface area contributed by atoms with Gasteiger partial charge in [-0.15, -0.1) is 0 Å². The molecule has 12 nitrogen and oxygen atoms in total. The molecule has 0 unspecified atom stereocenters. The molecule has 4 rings (SSSR count). The lowest BCUT2D eigenvalue weighted by atomic mass is 10.0. The van der Waals surface area contributed by atoms with Crippen LogP contribution in [-0.4, -0.2) is 87.0 Å². The van der Waals surface area contributed by atoms with Crippen molar-refractivity contribution in [1.82, 2.24) is 25.1 Å². The zero-order valence-electron chi connectivity index (χ0n) is 23.7. The van der Waals surface area contributed by atoms with Crippen molar-refractivity contribution in [2.75, 3.05) is 37.6 Å². The van der Waals surface area contributed by atoms with Crippen LogP contribution in [0.15, 0.2) is 53.0 Å². The van der Waals surface area contributed by atoms with E-state index in [4.69, 9.17) is 25.5 Å². The van der Waals surface area contributed by atoms with Crippen LogP contribution in [0.3, 0.4) is 0 Å². The number of carbonyl (C=O) groups is 2. The number of nitrogens with zero attached hydrogens (tertiary/aromatic N) is 4. The predicted molar refractivity (Wildman–Crippen MR) is 147 cm³/mol. The van der Waals surface area contributed by atoms with E-state index >= 15 is 0 Å². The third kappa shape index (κ3) is 10.6. The summed E-state index contributed by atoms with van der Waals surface area (Å²) in [5.74, 6) is -5.04. The summed E-state index contributed by atoms with van der Waals surface area (Å²) in [5.41, 5.74) is 8.38. The summed E-state index contributed by atoms with van der Waals surface area (Å²) in [4.78, 5) is 36.9. The van der Waals surface area contributed by atoms with Gasteiger partial charge in [0.25, 0.3) is 6.08 Å². The van der Waals surface area contributed by atoms with E-state index in [2.05, 4.69) is 37.5 Å². The van der Waals surface area contributed by atoms with Gasteiger partial charge in [-0.2, -0.15) is 40.2 Å². The second-order valence-electron chi connectivity index (χ2n) is 9.28. The van der Waals surface area contributed by atoms with Crippen LogP contribution in [0, 0.1) is 6.92 Å². The van der Waals surface area contributed by atoms with E-state index in [1.807, 2.05) is 25.1 Å². The predicted octanol–water partition coefficient (Wildman–Crippen LogP) is 3.26. The number of rotatable bonds is 6. The molecule has 1 aromatic carbocycles. The molecule has 0 atom stereocenters. The van der Waals surface area contributed by atoms with Crippen molar-refractivity contribution in [3.05, 3.63) is 70.1 Å². The maximum absolute atomic E-state index is 13.0. The zero-order chi connectivity index (χ0) is 34.8. The monoisotopic (exact) mass is 669 g/mol. The molecule has 1 aliphatic heterocycles. The molecular formula is C26H27F8N7O5. The van der Waals surface area contributed by atoms with Crippen LogP contribution < -0.4 is 21.6 Å². The number of benzene rings is 1. The quantitative estimate of drug-likeness (QED) is 0.245. The van der Waals surface area contributed by atoms with Crippen molar-refractivity contribution in [2.24, 2.45) is 5.73 Å². The minimum atomic E-state index is -5.08.